The lowest BCUT2D eigenvalue weighted by molar-refractivity contribution is 1.27. The first-order chi connectivity index (χ1) is 11.1. The maximum atomic E-state index is 4.59. The molecule has 2 aromatic carbocycles. The van der Waals surface area contributed by atoms with Gasteiger partial charge in [0.25, 0.3) is 0 Å². The van der Waals surface area contributed by atoms with Gasteiger partial charge in [-0.25, -0.2) is 4.98 Å². The molecule has 3 rings (SSSR count). The third-order valence-electron chi connectivity index (χ3n) is 3.64. The molecule has 0 atom stereocenters. The minimum Gasteiger partial charge on any atom is -0.252 e. The molecular formula is C19H19N3S. The number of anilines is 1. The van der Waals surface area contributed by atoms with Gasteiger partial charge in [-0.2, -0.15) is 5.10 Å². The van der Waals surface area contributed by atoms with Crippen molar-refractivity contribution < 1.29 is 0 Å². The summed E-state index contributed by atoms with van der Waals surface area (Å²) in [4.78, 5) is 4.59. The lowest BCUT2D eigenvalue weighted by Gasteiger charge is -2.02. The average molecular weight is 321 g/mol. The molecule has 0 saturated heterocycles. The second-order valence-electron chi connectivity index (χ2n) is 5.58. The Bertz CT molecular complexity index is 815. The number of aromatic nitrogens is 1. The van der Waals surface area contributed by atoms with E-state index in [0.717, 1.165) is 27.7 Å². The monoisotopic (exact) mass is 321 g/mol. The maximum Gasteiger partial charge on any atom is 0.203 e. The Hall–Kier alpha value is -2.46. The summed E-state index contributed by atoms with van der Waals surface area (Å²) in [6.45, 7) is 6.16. The lowest BCUT2D eigenvalue weighted by Crippen LogP contribution is -1.99. The van der Waals surface area contributed by atoms with Crippen LogP contribution in [-0.4, -0.2) is 10.7 Å². The number of rotatable bonds is 4. The summed E-state index contributed by atoms with van der Waals surface area (Å²) in [5, 5.41) is 7.27. The first kappa shape index (κ1) is 15.4. The predicted octanol–water partition coefficient (Wildman–Crippen LogP) is 5.26. The Kier molecular flexibility index (Phi) is 4.53. The molecule has 1 aromatic heterocycles. The summed E-state index contributed by atoms with van der Waals surface area (Å²) < 4.78 is 0. The van der Waals surface area contributed by atoms with E-state index in [1.807, 2.05) is 12.3 Å². The number of hydrogen-bond donors (Lipinski definition) is 1. The number of hydrogen-bond acceptors (Lipinski definition) is 4. The fourth-order valence-corrected chi connectivity index (χ4v) is 2.83. The van der Waals surface area contributed by atoms with Gasteiger partial charge in [0, 0.05) is 10.9 Å². The molecule has 0 aliphatic heterocycles. The number of hydrazone groups is 1. The molecule has 0 unspecified atom stereocenters. The minimum absolute atomic E-state index is 0.798. The van der Waals surface area contributed by atoms with E-state index in [4.69, 9.17) is 0 Å². The highest BCUT2D eigenvalue weighted by Crippen LogP contribution is 2.25. The fourth-order valence-electron chi connectivity index (χ4n) is 2.17. The summed E-state index contributed by atoms with van der Waals surface area (Å²) in [5.74, 6) is 0. The number of nitrogens with zero attached hydrogens (tertiary/aromatic N) is 2. The second kappa shape index (κ2) is 6.75. The van der Waals surface area contributed by atoms with Crippen molar-refractivity contribution in [2.45, 2.75) is 20.8 Å². The quantitative estimate of drug-likeness (QED) is 0.525. The van der Waals surface area contributed by atoms with E-state index in [1.165, 1.54) is 11.1 Å². The molecule has 3 aromatic rings. The van der Waals surface area contributed by atoms with Crippen molar-refractivity contribution in [1.82, 2.24) is 4.98 Å². The first-order valence-electron chi connectivity index (χ1n) is 7.52. The van der Waals surface area contributed by atoms with E-state index < -0.39 is 0 Å². The number of benzene rings is 2. The molecule has 1 N–H and O–H groups in total. The summed E-state index contributed by atoms with van der Waals surface area (Å²) in [6, 6.07) is 16.7. The van der Waals surface area contributed by atoms with E-state index in [9.17, 15) is 0 Å². The average Bonchev–Trinajstić information content (AvgIpc) is 3.03. The van der Waals surface area contributed by atoms with Gasteiger partial charge in [-0.3, -0.25) is 5.43 Å². The Morgan fingerprint density at radius 3 is 2.22 bits per heavy atom. The molecule has 23 heavy (non-hydrogen) atoms. The van der Waals surface area contributed by atoms with Crippen LogP contribution in [0.2, 0.25) is 0 Å². The largest absolute Gasteiger partial charge is 0.252 e. The Morgan fingerprint density at radius 2 is 1.57 bits per heavy atom. The first-order valence-corrected chi connectivity index (χ1v) is 8.40. The third kappa shape index (κ3) is 3.85. The second-order valence-corrected chi connectivity index (χ2v) is 6.44. The van der Waals surface area contributed by atoms with Crippen molar-refractivity contribution >= 4 is 22.2 Å². The van der Waals surface area contributed by atoms with Gasteiger partial charge in [0.2, 0.25) is 5.13 Å². The smallest absolute Gasteiger partial charge is 0.203 e. The van der Waals surface area contributed by atoms with Crippen LogP contribution in [0.4, 0.5) is 5.13 Å². The van der Waals surface area contributed by atoms with Gasteiger partial charge in [0.05, 0.1) is 11.4 Å². The van der Waals surface area contributed by atoms with E-state index in [1.54, 1.807) is 11.3 Å². The topological polar surface area (TPSA) is 37.3 Å². The van der Waals surface area contributed by atoms with Gasteiger partial charge >= 0.3 is 0 Å². The summed E-state index contributed by atoms with van der Waals surface area (Å²) in [5.41, 5.74) is 9.70. The number of aryl methyl sites for hydroxylation is 2. The number of thiazole rings is 1. The Morgan fingerprint density at radius 1 is 0.957 bits per heavy atom. The normalized spacial score (nSPS) is 11.5. The summed E-state index contributed by atoms with van der Waals surface area (Å²) in [7, 11) is 0. The van der Waals surface area contributed by atoms with E-state index >= 15 is 0 Å². The standard InChI is InChI=1S/C19H19N3S/c1-13-4-8-16(9-5-13)15(3)21-22-19-20-18(12-23-19)17-10-6-14(2)7-11-17/h4-12H,1-3H3,(H,20,22)/b21-15-. The van der Waals surface area contributed by atoms with E-state index in [-0.39, 0.29) is 0 Å². The number of nitrogens with one attached hydrogen (secondary N) is 1. The van der Waals surface area contributed by atoms with Crippen LogP contribution in [0.3, 0.4) is 0 Å². The lowest BCUT2D eigenvalue weighted by atomic mass is 10.1. The van der Waals surface area contributed by atoms with Crippen LogP contribution in [0.5, 0.6) is 0 Å². The van der Waals surface area contributed by atoms with Crippen LogP contribution >= 0.6 is 11.3 Å². The molecule has 4 heteroatoms. The van der Waals surface area contributed by atoms with Gasteiger partial charge in [-0.05, 0) is 26.3 Å². The van der Waals surface area contributed by atoms with Crippen molar-refractivity contribution in [2.75, 3.05) is 5.43 Å². The molecule has 0 radical (unpaired) electrons. The molecule has 1 heterocycles. The molecule has 0 aliphatic carbocycles. The van der Waals surface area contributed by atoms with Crippen LogP contribution in [0.1, 0.15) is 23.6 Å². The Balaban J connectivity index is 1.72. The highest BCUT2D eigenvalue weighted by Gasteiger charge is 2.04. The molecule has 0 aliphatic rings. The summed E-state index contributed by atoms with van der Waals surface area (Å²) >= 11 is 1.56. The zero-order valence-electron chi connectivity index (χ0n) is 13.5. The zero-order valence-corrected chi connectivity index (χ0v) is 14.3. The van der Waals surface area contributed by atoms with Crippen LogP contribution < -0.4 is 5.43 Å². The molecule has 3 nitrogen and oxygen atoms in total. The van der Waals surface area contributed by atoms with E-state index in [0.29, 0.717) is 0 Å². The van der Waals surface area contributed by atoms with Crippen molar-refractivity contribution in [1.29, 1.82) is 0 Å². The van der Waals surface area contributed by atoms with E-state index in [2.05, 4.69) is 77.9 Å². The SMILES string of the molecule is C/C(=N/Nc1nc(-c2ccc(C)cc2)cs1)c1ccc(C)cc1. The van der Waals surface area contributed by atoms with Crippen LogP contribution in [-0.2, 0) is 0 Å². The van der Waals surface area contributed by atoms with Crippen molar-refractivity contribution in [3.05, 3.63) is 70.6 Å². The predicted molar refractivity (Wildman–Crippen MR) is 99.3 cm³/mol. The van der Waals surface area contributed by atoms with Crippen molar-refractivity contribution in [3.8, 4) is 11.3 Å². The summed E-state index contributed by atoms with van der Waals surface area (Å²) in [6.07, 6.45) is 0. The molecule has 0 fully saturated rings. The van der Waals surface area contributed by atoms with Gasteiger partial charge in [-0.1, -0.05) is 59.7 Å². The molecule has 0 bridgehead atoms. The maximum absolute atomic E-state index is 4.59. The Labute approximate surface area is 140 Å². The van der Waals surface area contributed by atoms with Crippen LogP contribution in [0.25, 0.3) is 11.3 Å². The fraction of sp³-hybridized carbons (Fsp3) is 0.158. The molecule has 0 saturated carbocycles. The van der Waals surface area contributed by atoms with Crippen molar-refractivity contribution in [3.63, 3.8) is 0 Å². The third-order valence-corrected chi connectivity index (χ3v) is 4.39. The van der Waals surface area contributed by atoms with Gasteiger partial charge in [0.15, 0.2) is 0 Å². The molecule has 0 amide bonds. The molecule has 0 spiro atoms. The van der Waals surface area contributed by atoms with Gasteiger partial charge in [-0.15, -0.1) is 11.3 Å². The van der Waals surface area contributed by atoms with Gasteiger partial charge < -0.3 is 0 Å². The van der Waals surface area contributed by atoms with Gasteiger partial charge in [0.1, 0.15) is 0 Å². The van der Waals surface area contributed by atoms with Crippen molar-refractivity contribution in [2.24, 2.45) is 5.10 Å². The minimum atomic E-state index is 0.798. The highest BCUT2D eigenvalue weighted by molar-refractivity contribution is 7.14. The zero-order chi connectivity index (χ0) is 16.2. The van der Waals surface area contributed by atoms with Crippen LogP contribution in [0.15, 0.2) is 59.0 Å². The highest BCUT2D eigenvalue weighted by atomic mass is 32.1. The molecular weight excluding hydrogens is 302 g/mol. The molecule has 116 valence electrons. The van der Waals surface area contributed by atoms with Crippen LogP contribution in [0, 0.1) is 13.8 Å².